The minimum atomic E-state index is -0.773. The molecule has 0 spiro atoms. The summed E-state index contributed by atoms with van der Waals surface area (Å²) in [6.45, 7) is 5.36. The van der Waals surface area contributed by atoms with E-state index in [4.69, 9.17) is 4.74 Å². The van der Waals surface area contributed by atoms with Gasteiger partial charge in [-0.15, -0.1) is 0 Å². The van der Waals surface area contributed by atoms with Crippen molar-refractivity contribution in [1.82, 2.24) is 0 Å². The zero-order chi connectivity index (χ0) is 16.0. The van der Waals surface area contributed by atoms with E-state index in [0.717, 1.165) is 17.3 Å². The number of benzene rings is 1. The van der Waals surface area contributed by atoms with Gasteiger partial charge in [0.05, 0.1) is 12.8 Å². The molecule has 1 atom stereocenters. The molecule has 0 N–H and O–H groups in total. The molecule has 0 aliphatic heterocycles. The van der Waals surface area contributed by atoms with Gasteiger partial charge in [0.2, 0.25) is 0 Å². The van der Waals surface area contributed by atoms with Crippen molar-refractivity contribution in [3.05, 3.63) is 29.3 Å². The molecule has 0 aliphatic rings. The van der Waals surface area contributed by atoms with E-state index in [0.29, 0.717) is 5.69 Å². The highest BCUT2D eigenvalue weighted by atomic mass is 16.6. The van der Waals surface area contributed by atoms with Gasteiger partial charge in [0, 0.05) is 0 Å². The first-order valence-electron chi connectivity index (χ1n) is 6.47. The molecule has 1 rings (SSSR count). The van der Waals surface area contributed by atoms with Gasteiger partial charge in [0.15, 0.2) is 0 Å². The molecule has 21 heavy (non-hydrogen) atoms. The summed E-state index contributed by atoms with van der Waals surface area (Å²) in [6, 6.07) is 4.87. The molecule has 0 aliphatic carbocycles. The first-order chi connectivity index (χ1) is 9.93. The van der Waals surface area contributed by atoms with E-state index < -0.39 is 17.9 Å². The van der Waals surface area contributed by atoms with E-state index in [2.05, 4.69) is 9.99 Å². The van der Waals surface area contributed by atoms with E-state index in [1.807, 2.05) is 32.0 Å². The summed E-state index contributed by atoms with van der Waals surface area (Å²) in [4.78, 5) is 30.1. The molecule has 6 nitrogen and oxygen atoms in total. The first-order valence-corrected chi connectivity index (χ1v) is 6.47. The number of para-hydroxylation sites is 1. The number of esters is 1. The minimum Gasteiger partial charge on any atom is -0.467 e. The lowest BCUT2D eigenvalue weighted by molar-refractivity contribution is -0.142. The Balaban J connectivity index is 3.34. The predicted molar refractivity (Wildman–Crippen MR) is 80.4 cm³/mol. The number of oxime groups is 1. The van der Waals surface area contributed by atoms with E-state index in [1.54, 1.807) is 6.92 Å². The summed E-state index contributed by atoms with van der Waals surface area (Å²) in [7, 11) is 2.63. The zero-order valence-corrected chi connectivity index (χ0v) is 12.9. The largest absolute Gasteiger partial charge is 0.467 e. The van der Waals surface area contributed by atoms with Gasteiger partial charge in [0.25, 0.3) is 5.91 Å². The number of carbonyl (C=O) groups excluding carboxylic acids is 2. The average molecular weight is 292 g/mol. The van der Waals surface area contributed by atoms with Crippen LogP contribution in [0.25, 0.3) is 0 Å². The van der Waals surface area contributed by atoms with Crippen molar-refractivity contribution in [2.45, 2.75) is 26.8 Å². The molecule has 0 fully saturated rings. The van der Waals surface area contributed by atoms with Crippen molar-refractivity contribution in [1.29, 1.82) is 0 Å². The van der Waals surface area contributed by atoms with E-state index >= 15 is 0 Å². The molecular formula is C15H20N2O4. The van der Waals surface area contributed by atoms with Crippen LogP contribution in [-0.4, -0.2) is 38.4 Å². The normalized spacial score (nSPS) is 12.0. The second-order valence-corrected chi connectivity index (χ2v) is 4.56. The number of rotatable bonds is 5. The molecule has 1 aromatic carbocycles. The molecule has 0 aromatic heterocycles. The smallest absolute Gasteiger partial charge is 0.328 e. The van der Waals surface area contributed by atoms with E-state index in [9.17, 15) is 9.59 Å². The third kappa shape index (κ3) is 3.81. The quantitative estimate of drug-likeness (QED) is 0.472. The molecule has 0 saturated carbocycles. The van der Waals surface area contributed by atoms with Crippen LogP contribution in [0.15, 0.2) is 23.4 Å². The number of methoxy groups -OCH3 is 1. The number of carbonyl (C=O) groups is 2. The maximum absolute atomic E-state index is 12.4. The standard InChI is InChI=1S/C15H20N2O4/c1-10-7-6-8-11(2)14(10)17(12(3)15(19)20-4)13(18)9-16-21-5/h6-9,12H,1-5H3/b16-9+. The molecule has 1 aromatic rings. The molecule has 0 radical (unpaired) electrons. The molecule has 1 unspecified atom stereocenters. The Labute approximate surface area is 124 Å². The number of hydrogen-bond donors (Lipinski definition) is 0. The topological polar surface area (TPSA) is 68.2 Å². The van der Waals surface area contributed by atoms with Crippen LogP contribution in [0.3, 0.4) is 0 Å². The van der Waals surface area contributed by atoms with Crippen LogP contribution < -0.4 is 4.90 Å². The molecule has 0 heterocycles. The van der Waals surface area contributed by atoms with Crippen LogP contribution in [0.5, 0.6) is 0 Å². The van der Waals surface area contributed by atoms with Crippen molar-refractivity contribution in [3.63, 3.8) is 0 Å². The van der Waals surface area contributed by atoms with Gasteiger partial charge in [-0.25, -0.2) is 4.79 Å². The predicted octanol–water partition coefficient (Wildman–Crippen LogP) is 1.83. The van der Waals surface area contributed by atoms with Crippen LogP contribution in [-0.2, 0) is 19.2 Å². The molecule has 1 amide bonds. The third-order valence-electron chi connectivity index (χ3n) is 3.12. The lowest BCUT2D eigenvalue weighted by atomic mass is 10.1. The van der Waals surface area contributed by atoms with Crippen LogP contribution in [0.4, 0.5) is 5.69 Å². The van der Waals surface area contributed by atoms with Gasteiger partial charge < -0.3 is 9.57 Å². The first kappa shape index (κ1) is 16.7. The Kier molecular flexibility index (Phi) is 5.90. The van der Waals surface area contributed by atoms with Crippen LogP contribution in [0.1, 0.15) is 18.1 Å². The van der Waals surface area contributed by atoms with Crippen molar-refractivity contribution < 1.29 is 19.2 Å². The summed E-state index contributed by atoms with van der Waals surface area (Å²) < 4.78 is 4.74. The molecule has 0 saturated heterocycles. The Morgan fingerprint density at radius 1 is 1.24 bits per heavy atom. The third-order valence-corrected chi connectivity index (χ3v) is 3.12. The Hall–Kier alpha value is -2.37. The van der Waals surface area contributed by atoms with Crippen LogP contribution >= 0.6 is 0 Å². The highest BCUT2D eigenvalue weighted by molar-refractivity contribution is 6.33. The number of nitrogens with zero attached hydrogens (tertiary/aromatic N) is 2. The van der Waals surface area contributed by atoms with Crippen LogP contribution in [0, 0.1) is 13.8 Å². The van der Waals surface area contributed by atoms with Gasteiger partial charge in [-0.05, 0) is 31.9 Å². The number of hydrogen-bond acceptors (Lipinski definition) is 5. The van der Waals surface area contributed by atoms with Crippen molar-refractivity contribution >= 4 is 23.8 Å². The molecular weight excluding hydrogens is 272 g/mol. The fourth-order valence-electron chi connectivity index (χ4n) is 2.12. The summed E-state index contributed by atoms with van der Waals surface area (Å²) in [5.41, 5.74) is 2.43. The molecule has 0 bridgehead atoms. The fraction of sp³-hybridized carbons (Fsp3) is 0.400. The maximum Gasteiger partial charge on any atom is 0.328 e. The van der Waals surface area contributed by atoms with Gasteiger partial charge in [-0.1, -0.05) is 23.4 Å². The number of amides is 1. The van der Waals surface area contributed by atoms with Crippen LogP contribution in [0.2, 0.25) is 0 Å². The van der Waals surface area contributed by atoms with E-state index in [-0.39, 0.29) is 0 Å². The SMILES string of the molecule is CO/N=C/C(=O)N(c1c(C)cccc1C)C(C)C(=O)OC. The second-order valence-electron chi connectivity index (χ2n) is 4.56. The highest BCUT2D eigenvalue weighted by Gasteiger charge is 2.29. The summed E-state index contributed by atoms with van der Waals surface area (Å²) >= 11 is 0. The molecule has 6 heteroatoms. The number of ether oxygens (including phenoxy) is 1. The molecule has 114 valence electrons. The van der Waals surface area contributed by atoms with Gasteiger partial charge >= 0.3 is 5.97 Å². The van der Waals surface area contributed by atoms with Crippen molar-refractivity contribution in [3.8, 4) is 0 Å². The summed E-state index contributed by atoms with van der Waals surface area (Å²) in [5, 5.41) is 3.48. The minimum absolute atomic E-state index is 0.452. The lowest BCUT2D eigenvalue weighted by Gasteiger charge is -2.29. The van der Waals surface area contributed by atoms with Crippen molar-refractivity contribution in [2.24, 2.45) is 5.16 Å². The van der Waals surface area contributed by atoms with Crippen molar-refractivity contribution in [2.75, 3.05) is 19.1 Å². The van der Waals surface area contributed by atoms with Gasteiger partial charge in [-0.3, -0.25) is 9.69 Å². The average Bonchev–Trinajstić information content (AvgIpc) is 2.47. The Morgan fingerprint density at radius 2 is 1.81 bits per heavy atom. The summed E-state index contributed by atoms with van der Waals surface area (Å²) in [6.07, 6.45) is 1.03. The Bertz CT molecular complexity index is 534. The monoisotopic (exact) mass is 292 g/mol. The van der Waals surface area contributed by atoms with Gasteiger partial charge in [0.1, 0.15) is 19.4 Å². The van der Waals surface area contributed by atoms with E-state index in [1.165, 1.54) is 19.1 Å². The maximum atomic E-state index is 12.4. The van der Waals surface area contributed by atoms with Gasteiger partial charge in [-0.2, -0.15) is 0 Å². The summed E-state index contributed by atoms with van der Waals surface area (Å²) in [5.74, 6) is -0.955. The fourth-order valence-corrected chi connectivity index (χ4v) is 2.12. The zero-order valence-electron chi connectivity index (χ0n) is 12.9. The second kappa shape index (κ2) is 7.42. The number of aryl methyl sites for hydroxylation is 2. The highest BCUT2D eigenvalue weighted by Crippen LogP contribution is 2.26. The lowest BCUT2D eigenvalue weighted by Crippen LogP contribution is -2.45. The number of anilines is 1. The Morgan fingerprint density at radius 3 is 2.29 bits per heavy atom.